The molecule has 0 aromatic heterocycles. The number of rotatable bonds is 6. The topological polar surface area (TPSA) is 38.0 Å². The molecule has 96 valence electrons. The summed E-state index contributed by atoms with van der Waals surface area (Å²) >= 11 is 0. The van der Waals surface area contributed by atoms with Crippen molar-refractivity contribution < 1.29 is 0 Å². The van der Waals surface area contributed by atoms with Crippen LogP contribution >= 0.6 is 0 Å². The Labute approximate surface area is 106 Å². The highest BCUT2D eigenvalue weighted by molar-refractivity contribution is 5.18. The monoisotopic (exact) mass is 234 g/mol. The Balaban J connectivity index is 2.15. The minimum Gasteiger partial charge on any atom is -0.324 e. The largest absolute Gasteiger partial charge is 0.324 e. The summed E-state index contributed by atoms with van der Waals surface area (Å²) in [6, 6.07) is 10.5. The maximum atomic E-state index is 6.14. The zero-order chi connectivity index (χ0) is 12.7. The van der Waals surface area contributed by atoms with E-state index in [2.05, 4.69) is 38.2 Å². The Morgan fingerprint density at radius 2 is 1.82 bits per heavy atom. The second-order valence-corrected chi connectivity index (χ2v) is 5.90. The van der Waals surface area contributed by atoms with Gasteiger partial charge in [0.05, 0.1) is 0 Å². The van der Waals surface area contributed by atoms with Crippen LogP contribution in [0.3, 0.4) is 0 Å². The Morgan fingerprint density at radius 1 is 1.18 bits per heavy atom. The fraction of sp³-hybridized carbons (Fsp3) is 0.600. The average molecular weight is 234 g/mol. The lowest BCUT2D eigenvalue weighted by Crippen LogP contribution is -2.28. The molecular weight excluding hydrogens is 208 g/mol. The van der Waals surface area contributed by atoms with E-state index in [1.807, 2.05) is 18.2 Å². The van der Waals surface area contributed by atoms with E-state index in [0.717, 1.165) is 25.9 Å². The van der Waals surface area contributed by atoms with Crippen LogP contribution in [0.25, 0.3) is 0 Å². The second kappa shape index (κ2) is 6.77. The number of nitrogens with one attached hydrogen (secondary N) is 1. The van der Waals surface area contributed by atoms with Crippen LogP contribution in [0.15, 0.2) is 30.3 Å². The molecule has 0 bridgehead atoms. The van der Waals surface area contributed by atoms with Crippen LogP contribution in [0.5, 0.6) is 0 Å². The van der Waals surface area contributed by atoms with Crippen LogP contribution in [-0.2, 0) is 0 Å². The molecule has 2 heteroatoms. The first kappa shape index (κ1) is 14.2. The van der Waals surface area contributed by atoms with Crippen LogP contribution in [0.2, 0.25) is 0 Å². The third-order valence-electron chi connectivity index (χ3n) is 2.75. The normalized spacial score (nSPS) is 13.6. The number of benzene rings is 1. The Kier molecular flexibility index (Phi) is 5.66. The fourth-order valence-corrected chi connectivity index (χ4v) is 1.78. The zero-order valence-corrected chi connectivity index (χ0v) is 11.4. The molecule has 2 nitrogen and oxygen atoms in total. The number of nitrogens with two attached hydrogens (primary N) is 1. The third-order valence-corrected chi connectivity index (χ3v) is 2.75. The van der Waals surface area contributed by atoms with Gasteiger partial charge in [-0.25, -0.2) is 0 Å². The summed E-state index contributed by atoms with van der Waals surface area (Å²) in [5, 5.41) is 3.48. The van der Waals surface area contributed by atoms with E-state index in [1.165, 1.54) is 5.56 Å². The molecule has 0 fully saturated rings. The molecule has 1 aromatic rings. The molecule has 0 radical (unpaired) electrons. The van der Waals surface area contributed by atoms with Gasteiger partial charge in [-0.2, -0.15) is 0 Å². The summed E-state index contributed by atoms with van der Waals surface area (Å²) in [6.45, 7) is 8.85. The lowest BCUT2D eigenvalue weighted by Gasteiger charge is -2.19. The Morgan fingerprint density at radius 3 is 2.41 bits per heavy atom. The summed E-state index contributed by atoms with van der Waals surface area (Å²) in [7, 11) is 0. The van der Waals surface area contributed by atoms with Gasteiger partial charge < -0.3 is 11.1 Å². The Bertz CT molecular complexity index is 300. The molecule has 0 saturated carbocycles. The van der Waals surface area contributed by atoms with Gasteiger partial charge >= 0.3 is 0 Å². The average Bonchev–Trinajstić information content (AvgIpc) is 2.28. The fourth-order valence-electron chi connectivity index (χ4n) is 1.78. The van der Waals surface area contributed by atoms with Gasteiger partial charge in [0.15, 0.2) is 0 Å². The molecule has 1 unspecified atom stereocenters. The molecule has 1 rings (SSSR count). The predicted octanol–water partition coefficient (Wildman–Crippen LogP) is 3.10. The Hall–Kier alpha value is -0.860. The summed E-state index contributed by atoms with van der Waals surface area (Å²) in [6.07, 6.45) is 2.17. The highest BCUT2D eigenvalue weighted by Crippen LogP contribution is 2.15. The van der Waals surface area contributed by atoms with Crippen molar-refractivity contribution in [3.05, 3.63) is 35.9 Å². The molecule has 1 atom stereocenters. The highest BCUT2D eigenvalue weighted by Gasteiger charge is 2.09. The quantitative estimate of drug-likeness (QED) is 0.742. The molecule has 0 aliphatic carbocycles. The van der Waals surface area contributed by atoms with Gasteiger partial charge in [-0.1, -0.05) is 51.1 Å². The first-order chi connectivity index (χ1) is 7.99. The second-order valence-electron chi connectivity index (χ2n) is 5.90. The summed E-state index contributed by atoms with van der Waals surface area (Å²) < 4.78 is 0. The van der Waals surface area contributed by atoms with Crippen molar-refractivity contribution in [1.29, 1.82) is 0 Å². The van der Waals surface area contributed by atoms with Crippen molar-refractivity contribution in [3.63, 3.8) is 0 Å². The lowest BCUT2D eigenvalue weighted by atomic mass is 9.97. The molecule has 0 aliphatic rings. The first-order valence-corrected chi connectivity index (χ1v) is 6.50. The van der Waals surface area contributed by atoms with Gasteiger partial charge in [0.2, 0.25) is 0 Å². The smallest absolute Gasteiger partial charge is 0.0295 e. The van der Waals surface area contributed by atoms with Crippen molar-refractivity contribution in [1.82, 2.24) is 5.32 Å². The standard InChI is InChI=1S/C15H26N2/c1-15(2,3)12-17-11-7-10-14(16)13-8-5-4-6-9-13/h4-6,8-9,14,17H,7,10-12,16H2,1-3H3. The summed E-state index contributed by atoms with van der Waals surface area (Å²) in [5.74, 6) is 0. The van der Waals surface area contributed by atoms with E-state index >= 15 is 0 Å². The zero-order valence-electron chi connectivity index (χ0n) is 11.4. The van der Waals surface area contributed by atoms with Crippen molar-refractivity contribution >= 4 is 0 Å². The molecule has 3 N–H and O–H groups in total. The molecule has 17 heavy (non-hydrogen) atoms. The van der Waals surface area contributed by atoms with Gasteiger partial charge in [0, 0.05) is 6.04 Å². The van der Waals surface area contributed by atoms with Gasteiger partial charge in [-0.15, -0.1) is 0 Å². The number of hydrogen-bond donors (Lipinski definition) is 2. The van der Waals surface area contributed by atoms with E-state index in [-0.39, 0.29) is 6.04 Å². The SMILES string of the molecule is CC(C)(C)CNCCCC(N)c1ccccc1. The van der Waals surface area contributed by atoms with Gasteiger partial charge in [0.25, 0.3) is 0 Å². The van der Waals surface area contributed by atoms with E-state index in [9.17, 15) is 0 Å². The van der Waals surface area contributed by atoms with E-state index in [0.29, 0.717) is 5.41 Å². The van der Waals surface area contributed by atoms with Crippen molar-refractivity contribution in [2.75, 3.05) is 13.1 Å². The molecule has 0 aliphatic heterocycles. The van der Waals surface area contributed by atoms with E-state index in [1.54, 1.807) is 0 Å². The first-order valence-electron chi connectivity index (χ1n) is 6.50. The highest BCUT2D eigenvalue weighted by atomic mass is 14.9. The summed E-state index contributed by atoms with van der Waals surface area (Å²) in [4.78, 5) is 0. The van der Waals surface area contributed by atoms with Gasteiger partial charge in [-0.05, 0) is 36.9 Å². The molecule has 0 saturated heterocycles. The maximum Gasteiger partial charge on any atom is 0.0295 e. The van der Waals surface area contributed by atoms with E-state index < -0.39 is 0 Å². The van der Waals surface area contributed by atoms with Crippen molar-refractivity contribution in [2.45, 2.75) is 39.7 Å². The minimum absolute atomic E-state index is 0.174. The summed E-state index contributed by atoms with van der Waals surface area (Å²) in [5.41, 5.74) is 7.74. The van der Waals surface area contributed by atoms with Crippen LogP contribution < -0.4 is 11.1 Å². The predicted molar refractivity (Wildman–Crippen MR) is 74.9 cm³/mol. The van der Waals surface area contributed by atoms with Crippen LogP contribution in [0, 0.1) is 5.41 Å². The molecule has 0 heterocycles. The van der Waals surface area contributed by atoms with Crippen LogP contribution in [0.1, 0.15) is 45.2 Å². The third kappa shape index (κ3) is 6.44. The molecule has 0 spiro atoms. The molecular formula is C15H26N2. The van der Waals surface area contributed by atoms with Gasteiger partial charge in [-0.3, -0.25) is 0 Å². The van der Waals surface area contributed by atoms with Crippen LogP contribution in [-0.4, -0.2) is 13.1 Å². The van der Waals surface area contributed by atoms with Crippen molar-refractivity contribution in [2.24, 2.45) is 11.1 Å². The van der Waals surface area contributed by atoms with Gasteiger partial charge in [0.1, 0.15) is 0 Å². The van der Waals surface area contributed by atoms with Crippen molar-refractivity contribution in [3.8, 4) is 0 Å². The number of hydrogen-bond acceptors (Lipinski definition) is 2. The minimum atomic E-state index is 0.174. The molecule has 1 aromatic carbocycles. The maximum absolute atomic E-state index is 6.14. The lowest BCUT2D eigenvalue weighted by molar-refractivity contribution is 0.376. The van der Waals surface area contributed by atoms with Crippen LogP contribution in [0.4, 0.5) is 0 Å². The van der Waals surface area contributed by atoms with E-state index in [4.69, 9.17) is 5.73 Å². The molecule has 0 amide bonds.